The fraction of sp³-hybridized carbons (Fsp3) is 0.576. The van der Waals surface area contributed by atoms with Gasteiger partial charge in [-0.3, -0.25) is 5.01 Å². The summed E-state index contributed by atoms with van der Waals surface area (Å²) in [5.74, 6) is 0. The summed E-state index contributed by atoms with van der Waals surface area (Å²) >= 11 is 0. The van der Waals surface area contributed by atoms with Crippen LogP contribution in [0.15, 0.2) is 58.7 Å². The molecule has 0 spiro atoms. The van der Waals surface area contributed by atoms with Crippen LogP contribution in [0, 0.1) is 0 Å². The zero-order valence-electron chi connectivity index (χ0n) is 24.7. The van der Waals surface area contributed by atoms with Gasteiger partial charge in [-0.2, -0.15) is 10.2 Å². The molecule has 1 heterocycles. The normalized spacial score (nSPS) is 19.8. The van der Waals surface area contributed by atoms with Gasteiger partial charge in [0.25, 0.3) is 0 Å². The summed E-state index contributed by atoms with van der Waals surface area (Å²) in [5.41, 5.74) is 8.08. The highest BCUT2D eigenvalue weighted by Gasteiger charge is 2.18. The van der Waals surface area contributed by atoms with E-state index in [0.717, 1.165) is 83.4 Å². The molecule has 7 nitrogen and oxygen atoms in total. The second-order valence-electron chi connectivity index (χ2n) is 11.2. The van der Waals surface area contributed by atoms with Gasteiger partial charge < -0.3 is 20.3 Å². The van der Waals surface area contributed by atoms with E-state index in [9.17, 15) is 5.11 Å². The van der Waals surface area contributed by atoms with Gasteiger partial charge in [-0.15, -0.1) is 0 Å². The first kappa shape index (κ1) is 29.9. The van der Waals surface area contributed by atoms with Gasteiger partial charge in [-0.25, -0.2) is 0 Å². The molecular weight excluding hydrogens is 496 g/mol. The summed E-state index contributed by atoms with van der Waals surface area (Å²) in [5, 5.41) is 21.0. The lowest BCUT2D eigenvalue weighted by atomic mass is 9.94. The molecule has 1 saturated carbocycles. The molecule has 2 aromatic carbocycles. The van der Waals surface area contributed by atoms with Gasteiger partial charge in [-0.1, -0.05) is 24.3 Å². The highest BCUT2D eigenvalue weighted by molar-refractivity contribution is 5.80. The third kappa shape index (κ3) is 9.54. The van der Waals surface area contributed by atoms with Crippen molar-refractivity contribution in [3.8, 4) is 0 Å². The molecule has 2 aromatic rings. The van der Waals surface area contributed by atoms with Crippen molar-refractivity contribution < 1.29 is 5.11 Å². The Morgan fingerprint density at radius 2 is 1.30 bits per heavy atom. The van der Waals surface area contributed by atoms with Crippen LogP contribution in [0.5, 0.6) is 0 Å². The van der Waals surface area contributed by atoms with E-state index in [4.69, 9.17) is 0 Å². The van der Waals surface area contributed by atoms with Crippen LogP contribution >= 0.6 is 0 Å². The molecule has 1 aliphatic carbocycles. The molecule has 2 aliphatic rings. The number of hydrogen-bond acceptors (Lipinski definition) is 7. The second kappa shape index (κ2) is 16.3. The molecule has 0 atom stereocenters. The fourth-order valence-electron chi connectivity index (χ4n) is 5.65. The number of aliphatic hydroxyl groups is 1. The molecular formula is C33H50N6O. The molecule has 7 heteroatoms. The summed E-state index contributed by atoms with van der Waals surface area (Å²) < 4.78 is 0. The van der Waals surface area contributed by atoms with E-state index >= 15 is 0 Å². The van der Waals surface area contributed by atoms with Crippen molar-refractivity contribution in [1.82, 2.24) is 10.4 Å². The minimum absolute atomic E-state index is 0.131. The van der Waals surface area contributed by atoms with Gasteiger partial charge in [0, 0.05) is 56.7 Å². The number of anilines is 2. The number of nitrogens with zero attached hydrogens (tertiary/aromatic N) is 5. The Labute approximate surface area is 241 Å². The molecule has 0 unspecified atom stereocenters. The minimum Gasteiger partial charge on any atom is -0.393 e. The molecule has 0 aromatic heterocycles. The van der Waals surface area contributed by atoms with E-state index in [0.29, 0.717) is 6.04 Å². The van der Waals surface area contributed by atoms with Gasteiger partial charge in [0.1, 0.15) is 0 Å². The number of nitrogens with one attached hydrogen (secondary N) is 1. The van der Waals surface area contributed by atoms with Gasteiger partial charge in [0.05, 0.1) is 18.5 Å². The van der Waals surface area contributed by atoms with E-state index in [-0.39, 0.29) is 6.10 Å². The molecule has 0 radical (unpaired) electrons. The van der Waals surface area contributed by atoms with E-state index < -0.39 is 0 Å². The maximum atomic E-state index is 9.65. The average molecular weight is 547 g/mol. The van der Waals surface area contributed by atoms with Gasteiger partial charge >= 0.3 is 0 Å². The number of piperidine rings is 1. The van der Waals surface area contributed by atoms with Crippen molar-refractivity contribution in [3.05, 3.63) is 59.7 Å². The molecule has 1 aliphatic heterocycles. The molecule has 2 N–H and O–H groups in total. The highest BCUT2D eigenvalue weighted by atomic mass is 16.3. The first-order chi connectivity index (χ1) is 19.6. The first-order valence-corrected chi connectivity index (χ1v) is 15.6. The predicted molar refractivity (Wildman–Crippen MR) is 170 cm³/mol. The number of benzene rings is 2. The SMILES string of the molecule is CCN(CCCCN(CC)c1ccc(/C=N/N2CCCCC2)cc1)c1ccc(/C=N/NC2CCC(O)CC2)cc1. The Morgan fingerprint density at radius 1 is 0.775 bits per heavy atom. The van der Waals surface area contributed by atoms with Gasteiger partial charge in [-0.05, 0) is 107 Å². The van der Waals surface area contributed by atoms with Crippen LogP contribution in [0.4, 0.5) is 11.4 Å². The third-order valence-electron chi connectivity index (χ3n) is 8.26. The average Bonchev–Trinajstić information content (AvgIpc) is 3.00. The number of aliphatic hydroxyl groups excluding tert-OH is 1. The van der Waals surface area contributed by atoms with Crippen LogP contribution in [-0.2, 0) is 0 Å². The van der Waals surface area contributed by atoms with Crippen molar-refractivity contribution in [3.63, 3.8) is 0 Å². The Bertz CT molecular complexity index is 1020. The number of hydrogen-bond donors (Lipinski definition) is 2. The van der Waals surface area contributed by atoms with Crippen molar-refractivity contribution in [2.45, 2.75) is 83.8 Å². The first-order valence-electron chi connectivity index (χ1n) is 15.6. The lowest BCUT2D eigenvalue weighted by Crippen LogP contribution is -2.31. The molecule has 4 rings (SSSR count). The quantitative estimate of drug-likeness (QED) is 0.176. The summed E-state index contributed by atoms with van der Waals surface area (Å²) in [4.78, 5) is 4.93. The van der Waals surface area contributed by atoms with Gasteiger partial charge in [0.15, 0.2) is 0 Å². The third-order valence-corrected chi connectivity index (χ3v) is 8.26. The van der Waals surface area contributed by atoms with Crippen molar-refractivity contribution >= 4 is 23.8 Å². The molecule has 0 amide bonds. The number of rotatable bonds is 14. The minimum atomic E-state index is -0.131. The summed E-state index contributed by atoms with van der Waals surface area (Å²) in [6.07, 6.45) is 13.7. The standard InChI is InChI=1S/C33H50N6O/c1-3-37(31-16-10-28(11-17-31)26-34-36-30-14-20-33(40)21-15-30)22-8-9-23-38(4-2)32-18-12-29(13-19-32)27-35-39-24-6-5-7-25-39/h10-13,16-19,26-27,30,33,36,40H,3-9,14-15,20-25H2,1-2H3/b34-26+,35-27+. The maximum Gasteiger partial charge on any atom is 0.0542 e. The highest BCUT2D eigenvalue weighted by Crippen LogP contribution is 2.20. The Hall–Kier alpha value is -3.06. The van der Waals surface area contributed by atoms with Crippen LogP contribution in [0.25, 0.3) is 0 Å². The Balaban J connectivity index is 1.18. The van der Waals surface area contributed by atoms with Crippen LogP contribution in [0.3, 0.4) is 0 Å². The second-order valence-corrected chi connectivity index (χ2v) is 11.2. The molecule has 1 saturated heterocycles. The van der Waals surface area contributed by atoms with Gasteiger partial charge in [0.2, 0.25) is 0 Å². The molecule has 40 heavy (non-hydrogen) atoms. The number of hydrazone groups is 2. The summed E-state index contributed by atoms with van der Waals surface area (Å²) in [7, 11) is 0. The molecule has 218 valence electrons. The zero-order chi connectivity index (χ0) is 28.0. The monoisotopic (exact) mass is 546 g/mol. The van der Waals surface area contributed by atoms with Crippen molar-refractivity contribution in [1.29, 1.82) is 0 Å². The maximum absolute atomic E-state index is 9.65. The zero-order valence-corrected chi connectivity index (χ0v) is 24.7. The molecule has 0 bridgehead atoms. The van der Waals surface area contributed by atoms with E-state index in [1.165, 1.54) is 36.2 Å². The lowest BCUT2D eigenvalue weighted by molar-refractivity contribution is 0.117. The van der Waals surface area contributed by atoms with Crippen LogP contribution < -0.4 is 15.2 Å². The van der Waals surface area contributed by atoms with E-state index in [1.807, 2.05) is 12.4 Å². The van der Waals surface area contributed by atoms with Crippen LogP contribution in [0.1, 0.15) is 82.8 Å². The smallest absolute Gasteiger partial charge is 0.0542 e. The van der Waals surface area contributed by atoms with E-state index in [1.54, 1.807) is 0 Å². The Kier molecular flexibility index (Phi) is 12.2. The lowest BCUT2D eigenvalue weighted by Gasteiger charge is -2.26. The predicted octanol–water partition coefficient (Wildman–Crippen LogP) is 5.87. The number of unbranched alkanes of at least 4 members (excludes halogenated alkanes) is 1. The van der Waals surface area contributed by atoms with Crippen LogP contribution in [0.2, 0.25) is 0 Å². The summed E-state index contributed by atoms with van der Waals surface area (Å²) in [6.45, 7) is 10.8. The topological polar surface area (TPSA) is 66.7 Å². The molecule has 2 fully saturated rings. The van der Waals surface area contributed by atoms with E-state index in [2.05, 4.69) is 92.8 Å². The largest absolute Gasteiger partial charge is 0.393 e. The van der Waals surface area contributed by atoms with Crippen LogP contribution in [-0.4, -0.2) is 74.0 Å². The van der Waals surface area contributed by atoms with Crippen molar-refractivity contribution in [2.24, 2.45) is 10.2 Å². The van der Waals surface area contributed by atoms with Crippen molar-refractivity contribution in [2.75, 3.05) is 49.1 Å². The fourth-order valence-corrected chi connectivity index (χ4v) is 5.65. The Morgan fingerprint density at radius 3 is 1.82 bits per heavy atom. The summed E-state index contributed by atoms with van der Waals surface area (Å²) in [6, 6.07) is 17.9.